The highest BCUT2D eigenvalue weighted by Gasteiger charge is 2.24. The normalized spacial score (nSPS) is 22.0. The zero-order valence-electron chi connectivity index (χ0n) is 8.25. The molecular weight excluding hydrogens is 154 g/mol. The summed E-state index contributed by atoms with van der Waals surface area (Å²) in [4.78, 5) is 2.35. The number of rotatable bonds is 3. The standard InChI is InChI=1S/C9H19NO2/c1-10-6-4-8(5-7-10)9(11-2)12-3/h8-9H,4-7H2,1-3H3. The van der Waals surface area contributed by atoms with Gasteiger partial charge in [-0.05, 0) is 33.0 Å². The van der Waals surface area contributed by atoms with Crippen LogP contribution >= 0.6 is 0 Å². The van der Waals surface area contributed by atoms with Crippen molar-refractivity contribution in [3.63, 3.8) is 0 Å². The SMILES string of the molecule is COC(OC)C1CCN(C)CC1. The average Bonchev–Trinajstić information content (AvgIpc) is 2.10. The summed E-state index contributed by atoms with van der Waals surface area (Å²) in [7, 11) is 5.59. The van der Waals surface area contributed by atoms with E-state index in [2.05, 4.69) is 11.9 Å². The maximum atomic E-state index is 5.23. The van der Waals surface area contributed by atoms with Crippen LogP contribution in [-0.4, -0.2) is 45.5 Å². The molecule has 0 aromatic carbocycles. The lowest BCUT2D eigenvalue weighted by Crippen LogP contribution is -2.36. The second-order valence-electron chi connectivity index (χ2n) is 3.48. The van der Waals surface area contributed by atoms with Crippen LogP contribution in [-0.2, 0) is 9.47 Å². The van der Waals surface area contributed by atoms with Gasteiger partial charge in [0.05, 0.1) is 0 Å². The highest BCUT2D eigenvalue weighted by Crippen LogP contribution is 2.21. The lowest BCUT2D eigenvalue weighted by atomic mass is 9.96. The van der Waals surface area contributed by atoms with E-state index < -0.39 is 0 Å². The van der Waals surface area contributed by atoms with Crippen molar-refractivity contribution in [3.05, 3.63) is 0 Å². The van der Waals surface area contributed by atoms with Crippen LogP contribution in [0.5, 0.6) is 0 Å². The van der Waals surface area contributed by atoms with E-state index in [1.165, 1.54) is 12.8 Å². The first-order valence-corrected chi connectivity index (χ1v) is 4.52. The maximum absolute atomic E-state index is 5.23. The van der Waals surface area contributed by atoms with Crippen LogP contribution < -0.4 is 0 Å². The van der Waals surface area contributed by atoms with Gasteiger partial charge in [0.15, 0.2) is 6.29 Å². The number of hydrogen-bond donors (Lipinski definition) is 0. The van der Waals surface area contributed by atoms with Crippen molar-refractivity contribution < 1.29 is 9.47 Å². The molecule has 0 bridgehead atoms. The van der Waals surface area contributed by atoms with Crippen LogP contribution in [0.4, 0.5) is 0 Å². The average molecular weight is 173 g/mol. The Morgan fingerprint density at radius 1 is 1.17 bits per heavy atom. The monoisotopic (exact) mass is 173 g/mol. The summed E-state index contributed by atoms with van der Waals surface area (Å²) in [6.07, 6.45) is 2.37. The number of methoxy groups -OCH3 is 2. The van der Waals surface area contributed by atoms with Crippen molar-refractivity contribution in [2.45, 2.75) is 19.1 Å². The molecular formula is C9H19NO2. The summed E-state index contributed by atoms with van der Waals surface area (Å²) in [5.74, 6) is 0.580. The summed E-state index contributed by atoms with van der Waals surface area (Å²) in [6.45, 7) is 2.32. The molecule has 0 aromatic rings. The molecule has 0 spiro atoms. The van der Waals surface area contributed by atoms with Crippen LogP contribution in [0.3, 0.4) is 0 Å². The van der Waals surface area contributed by atoms with E-state index in [4.69, 9.17) is 9.47 Å². The Morgan fingerprint density at radius 2 is 1.67 bits per heavy atom. The summed E-state index contributed by atoms with van der Waals surface area (Å²) in [6, 6.07) is 0. The minimum absolute atomic E-state index is 0.00120. The third kappa shape index (κ3) is 2.44. The molecule has 1 aliphatic heterocycles. The van der Waals surface area contributed by atoms with Crippen LogP contribution in [0.2, 0.25) is 0 Å². The molecule has 0 aromatic heterocycles. The molecule has 1 heterocycles. The van der Waals surface area contributed by atoms with Crippen molar-refractivity contribution in [1.82, 2.24) is 4.90 Å². The van der Waals surface area contributed by atoms with Crippen molar-refractivity contribution in [3.8, 4) is 0 Å². The first kappa shape index (κ1) is 9.96. The van der Waals surface area contributed by atoms with Crippen molar-refractivity contribution >= 4 is 0 Å². The first-order chi connectivity index (χ1) is 5.77. The number of piperidine rings is 1. The molecule has 12 heavy (non-hydrogen) atoms. The summed E-state index contributed by atoms with van der Waals surface area (Å²) in [5, 5.41) is 0. The third-order valence-corrected chi connectivity index (χ3v) is 2.61. The molecule has 3 heteroatoms. The fourth-order valence-corrected chi connectivity index (χ4v) is 1.78. The largest absolute Gasteiger partial charge is 0.356 e. The molecule has 1 fully saturated rings. The van der Waals surface area contributed by atoms with Gasteiger partial charge in [-0.25, -0.2) is 0 Å². The Morgan fingerprint density at radius 3 is 2.08 bits per heavy atom. The summed E-state index contributed by atoms with van der Waals surface area (Å²) in [5.41, 5.74) is 0. The Balaban J connectivity index is 2.32. The van der Waals surface area contributed by atoms with Gasteiger partial charge >= 0.3 is 0 Å². The molecule has 0 atom stereocenters. The smallest absolute Gasteiger partial charge is 0.159 e. The van der Waals surface area contributed by atoms with E-state index in [1.807, 2.05) is 0 Å². The second kappa shape index (κ2) is 4.80. The van der Waals surface area contributed by atoms with Gasteiger partial charge in [-0.3, -0.25) is 0 Å². The lowest BCUT2D eigenvalue weighted by Gasteiger charge is -2.32. The fraction of sp³-hybridized carbons (Fsp3) is 1.00. The minimum Gasteiger partial charge on any atom is -0.356 e. The molecule has 0 radical (unpaired) electrons. The van der Waals surface area contributed by atoms with Crippen LogP contribution in [0, 0.1) is 5.92 Å². The number of hydrogen-bond acceptors (Lipinski definition) is 3. The van der Waals surface area contributed by atoms with E-state index in [-0.39, 0.29) is 6.29 Å². The van der Waals surface area contributed by atoms with Crippen molar-refractivity contribution in [2.24, 2.45) is 5.92 Å². The predicted molar refractivity (Wildman–Crippen MR) is 48.0 cm³/mol. The Labute approximate surface area is 74.6 Å². The Hall–Kier alpha value is -0.120. The zero-order chi connectivity index (χ0) is 8.97. The van der Waals surface area contributed by atoms with Gasteiger partial charge in [0.2, 0.25) is 0 Å². The summed E-state index contributed by atoms with van der Waals surface area (Å²) >= 11 is 0. The topological polar surface area (TPSA) is 21.7 Å². The molecule has 1 aliphatic rings. The quantitative estimate of drug-likeness (QED) is 0.593. The molecule has 1 saturated heterocycles. The van der Waals surface area contributed by atoms with E-state index in [0.29, 0.717) is 5.92 Å². The van der Waals surface area contributed by atoms with Gasteiger partial charge in [0, 0.05) is 20.1 Å². The predicted octanol–water partition coefficient (Wildman–Crippen LogP) is 0.947. The molecule has 0 amide bonds. The van der Waals surface area contributed by atoms with E-state index in [1.54, 1.807) is 14.2 Å². The van der Waals surface area contributed by atoms with Gasteiger partial charge < -0.3 is 14.4 Å². The molecule has 0 saturated carbocycles. The Kier molecular flexibility index (Phi) is 3.98. The van der Waals surface area contributed by atoms with E-state index >= 15 is 0 Å². The highest BCUT2D eigenvalue weighted by atomic mass is 16.7. The highest BCUT2D eigenvalue weighted by molar-refractivity contribution is 4.72. The van der Waals surface area contributed by atoms with Crippen molar-refractivity contribution in [1.29, 1.82) is 0 Å². The van der Waals surface area contributed by atoms with Gasteiger partial charge in [-0.1, -0.05) is 0 Å². The molecule has 0 aliphatic carbocycles. The summed E-state index contributed by atoms with van der Waals surface area (Å²) < 4.78 is 10.5. The molecule has 72 valence electrons. The second-order valence-corrected chi connectivity index (χ2v) is 3.48. The van der Waals surface area contributed by atoms with Gasteiger partial charge in [-0.2, -0.15) is 0 Å². The zero-order valence-corrected chi connectivity index (χ0v) is 8.25. The third-order valence-electron chi connectivity index (χ3n) is 2.61. The molecule has 0 unspecified atom stereocenters. The molecule has 1 rings (SSSR count). The van der Waals surface area contributed by atoms with Gasteiger partial charge in [0.1, 0.15) is 0 Å². The first-order valence-electron chi connectivity index (χ1n) is 4.52. The number of likely N-dealkylation sites (tertiary alicyclic amines) is 1. The lowest BCUT2D eigenvalue weighted by molar-refractivity contribution is -0.146. The molecule has 0 N–H and O–H groups in total. The minimum atomic E-state index is -0.00120. The number of ether oxygens (including phenoxy) is 2. The van der Waals surface area contributed by atoms with Gasteiger partial charge in [0.25, 0.3) is 0 Å². The van der Waals surface area contributed by atoms with E-state index in [0.717, 1.165) is 13.1 Å². The maximum Gasteiger partial charge on any atom is 0.159 e. The van der Waals surface area contributed by atoms with Crippen LogP contribution in [0.25, 0.3) is 0 Å². The van der Waals surface area contributed by atoms with Crippen LogP contribution in [0.15, 0.2) is 0 Å². The number of nitrogens with zero attached hydrogens (tertiary/aromatic N) is 1. The van der Waals surface area contributed by atoms with Crippen LogP contribution in [0.1, 0.15) is 12.8 Å². The van der Waals surface area contributed by atoms with E-state index in [9.17, 15) is 0 Å². The van der Waals surface area contributed by atoms with Crippen molar-refractivity contribution in [2.75, 3.05) is 34.4 Å². The van der Waals surface area contributed by atoms with Gasteiger partial charge in [-0.15, -0.1) is 0 Å². The fourth-order valence-electron chi connectivity index (χ4n) is 1.78. The molecule has 3 nitrogen and oxygen atoms in total. The Bertz CT molecular complexity index is 118.